The highest BCUT2D eigenvalue weighted by atomic mass is 15.0. The van der Waals surface area contributed by atoms with E-state index < -0.39 is 0 Å². The first-order chi connectivity index (χ1) is 27.8. The van der Waals surface area contributed by atoms with Crippen LogP contribution in [-0.2, 0) is 0 Å². The van der Waals surface area contributed by atoms with Crippen LogP contribution in [0, 0.1) is 0 Å². The van der Waals surface area contributed by atoms with Gasteiger partial charge in [0.05, 0.1) is 22.1 Å². The van der Waals surface area contributed by atoms with Gasteiger partial charge in [0.15, 0.2) is 0 Å². The fourth-order valence-corrected chi connectivity index (χ4v) is 9.32. The molecule has 0 spiro atoms. The van der Waals surface area contributed by atoms with Gasteiger partial charge in [0, 0.05) is 32.9 Å². The van der Waals surface area contributed by atoms with Crippen molar-refractivity contribution in [2.75, 3.05) is 0 Å². The van der Waals surface area contributed by atoms with Crippen LogP contribution in [0.15, 0.2) is 206 Å². The summed E-state index contributed by atoms with van der Waals surface area (Å²) in [5.41, 5.74) is 12.0. The summed E-state index contributed by atoms with van der Waals surface area (Å²) in [5, 5.41) is 12.8. The number of para-hydroxylation sites is 3. The van der Waals surface area contributed by atoms with E-state index in [2.05, 4.69) is 215 Å². The lowest BCUT2D eigenvalue weighted by Crippen LogP contribution is -1.95. The maximum absolute atomic E-state index is 2.45. The summed E-state index contributed by atoms with van der Waals surface area (Å²) in [5.74, 6) is 0. The van der Waals surface area contributed by atoms with Gasteiger partial charge in [-0.15, -0.1) is 0 Å². The van der Waals surface area contributed by atoms with Gasteiger partial charge in [-0.2, -0.15) is 0 Å². The average molecular weight is 711 g/mol. The number of hydrogen-bond acceptors (Lipinski definition) is 0. The van der Waals surface area contributed by atoms with Crippen molar-refractivity contribution in [2.45, 2.75) is 0 Å². The fourth-order valence-electron chi connectivity index (χ4n) is 9.32. The minimum atomic E-state index is 1.17. The number of aromatic nitrogens is 2. The minimum absolute atomic E-state index is 1.17. The molecule has 0 N–H and O–H groups in total. The van der Waals surface area contributed by atoms with Crippen molar-refractivity contribution in [1.82, 2.24) is 9.13 Å². The van der Waals surface area contributed by atoms with Gasteiger partial charge in [-0.05, 0) is 103 Å². The second-order valence-corrected chi connectivity index (χ2v) is 14.9. The number of hydrogen-bond donors (Lipinski definition) is 0. The van der Waals surface area contributed by atoms with Gasteiger partial charge in [0.25, 0.3) is 0 Å². The molecule has 0 saturated heterocycles. The van der Waals surface area contributed by atoms with Crippen molar-refractivity contribution < 1.29 is 0 Å². The highest BCUT2D eigenvalue weighted by Crippen LogP contribution is 2.40. The SMILES string of the molecule is c1ccc(-n2c3ccccc3c3ccc(-c4ccc(-c5ccc6c7ccccc7n(-c7ccc8c9ccccc9c9ccccc9c8c7)c6c5)cc4)cc32)cc1. The predicted octanol–water partition coefficient (Wildman–Crippen LogP) is 14.7. The van der Waals surface area contributed by atoms with Crippen LogP contribution >= 0.6 is 0 Å². The lowest BCUT2D eigenvalue weighted by atomic mass is 9.94. The summed E-state index contributed by atoms with van der Waals surface area (Å²) in [4.78, 5) is 0. The third kappa shape index (κ3) is 4.57. The molecule has 0 aliphatic heterocycles. The Morgan fingerprint density at radius 2 is 0.554 bits per heavy atom. The maximum Gasteiger partial charge on any atom is 0.0547 e. The third-order valence-corrected chi connectivity index (χ3v) is 11.9. The van der Waals surface area contributed by atoms with Gasteiger partial charge in [0.1, 0.15) is 0 Å². The molecular formula is C54H34N2. The zero-order valence-electron chi connectivity index (χ0n) is 30.5. The van der Waals surface area contributed by atoms with E-state index in [-0.39, 0.29) is 0 Å². The number of benzene rings is 10. The standard InChI is InChI=1S/C54H34N2/c1-2-12-39(13-3-1)55-51-20-10-8-18-46(51)48-29-26-37(32-53(48)55)35-22-24-36(25-23-35)38-27-30-49-47-19-9-11-21-52(47)56(54(49)33-38)40-28-31-45-43-16-5-4-14-41(43)42-15-6-7-17-44(42)50(45)34-40/h1-34H. The van der Waals surface area contributed by atoms with Gasteiger partial charge in [-0.1, -0.05) is 158 Å². The van der Waals surface area contributed by atoms with E-state index in [1.165, 1.54) is 110 Å². The molecule has 0 unspecified atom stereocenters. The molecule has 0 saturated carbocycles. The van der Waals surface area contributed by atoms with E-state index >= 15 is 0 Å². The largest absolute Gasteiger partial charge is 0.309 e. The summed E-state index contributed by atoms with van der Waals surface area (Å²) < 4.78 is 4.84. The Morgan fingerprint density at radius 3 is 1.07 bits per heavy atom. The van der Waals surface area contributed by atoms with Gasteiger partial charge >= 0.3 is 0 Å². The molecule has 260 valence electrons. The first-order valence-corrected chi connectivity index (χ1v) is 19.3. The highest BCUT2D eigenvalue weighted by Gasteiger charge is 2.17. The lowest BCUT2D eigenvalue weighted by Gasteiger charge is -2.14. The molecule has 0 atom stereocenters. The monoisotopic (exact) mass is 710 g/mol. The number of rotatable bonds is 4. The molecule has 0 bridgehead atoms. The normalized spacial score (nSPS) is 11.9. The second-order valence-electron chi connectivity index (χ2n) is 14.9. The molecule has 2 aromatic heterocycles. The molecule has 0 radical (unpaired) electrons. The molecule has 0 aliphatic rings. The Labute approximate surface area is 323 Å². The maximum atomic E-state index is 2.45. The van der Waals surface area contributed by atoms with Gasteiger partial charge < -0.3 is 9.13 Å². The Bertz CT molecular complexity index is 3480. The van der Waals surface area contributed by atoms with Gasteiger partial charge in [-0.25, -0.2) is 0 Å². The van der Waals surface area contributed by atoms with Crippen LogP contribution < -0.4 is 0 Å². The van der Waals surface area contributed by atoms with Crippen LogP contribution in [0.4, 0.5) is 0 Å². The number of fused-ring (bicyclic) bond motifs is 12. The number of nitrogens with zero attached hydrogens (tertiary/aromatic N) is 2. The fraction of sp³-hybridized carbons (Fsp3) is 0. The van der Waals surface area contributed by atoms with Crippen molar-refractivity contribution in [3.05, 3.63) is 206 Å². The summed E-state index contributed by atoms with van der Waals surface area (Å²) in [6, 6.07) is 75.7. The van der Waals surface area contributed by atoms with Crippen molar-refractivity contribution >= 4 is 75.9 Å². The van der Waals surface area contributed by atoms with Gasteiger partial charge in [-0.3, -0.25) is 0 Å². The van der Waals surface area contributed by atoms with Crippen molar-refractivity contribution in [3.63, 3.8) is 0 Å². The van der Waals surface area contributed by atoms with E-state index in [1.807, 2.05) is 0 Å². The molecule has 0 aliphatic carbocycles. The quantitative estimate of drug-likeness (QED) is 0.161. The smallest absolute Gasteiger partial charge is 0.0547 e. The van der Waals surface area contributed by atoms with Gasteiger partial charge in [0.2, 0.25) is 0 Å². The molecule has 56 heavy (non-hydrogen) atoms. The van der Waals surface area contributed by atoms with Crippen LogP contribution in [0.1, 0.15) is 0 Å². The summed E-state index contributed by atoms with van der Waals surface area (Å²) in [6.07, 6.45) is 0. The van der Waals surface area contributed by atoms with E-state index in [4.69, 9.17) is 0 Å². The zero-order valence-corrected chi connectivity index (χ0v) is 30.5. The highest BCUT2D eigenvalue weighted by molar-refractivity contribution is 6.25. The van der Waals surface area contributed by atoms with E-state index in [9.17, 15) is 0 Å². The Kier molecular flexibility index (Phi) is 6.66. The Morgan fingerprint density at radius 1 is 0.196 bits per heavy atom. The summed E-state index contributed by atoms with van der Waals surface area (Å²) >= 11 is 0. The van der Waals surface area contributed by atoms with Crippen LogP contribution in [-0.4, -0.2) is 9.13 Å². The third-order valence-electron chi connectivity index (χ3n) is 11.9. The summed E-state index contributed by atoms with van der Waals surface area (Å²) in [7, 11) is 0. The molecule has 2 heterocycles. The van der Waals surface area contributed by atoms with Crippen molar-refractivity contribution in [1.29, 1.82) is 0 Å². The molecule has 2 nitrogen and oxygen atoms in total. The molecule has 12 rings (SSSR count). The average Bonchev–Trinajstić information content (AvgIpc) is 3.79. The van der Waals surface area contributed by atoms with E-state index in [0.29, 0.717) is 0 Å². The predicted molar refractivity (Wildman–Crippen MR) is 239 cm³/mol. The molecular weight excluding hydrogens is 677 g/mol. The lowest BCUT2D eigenvalue weighted by molar-refractivity contribution is 1.18. The van der Waals surface area contributed by atoms with Crippen molar-refractivity contribution in [3.8, 4) is 33.6 Å². The zero-order chi connectivity index (χ0) is 36.7. The van der Waals surface area contributed by atoms with Crippen LogP contribution in [0.5, 0.6) is 0 Å². The summed E-state index contributed by atoms with van der Waals surface area (Å²) in [6.45, 7) is 0. The molecule has 0 fully saturated rings. The molecule has 0 amide bonds. The van der Waals surface area contributed by atoms with E-state index in [1.54, 1.807) is 0 Å². The molecule has 12 aromatic rings. The Balaban J connectivity index is 0.989. The van der Waals surface area contributed by atoms with Crippen molar-refractivity contribution in [2.24, 2.45) is 0 Å². The molecule has 10 aromatic carbocycles. The van der Waals surface area contributed by atoms with Crippen LogP contribution in [0.25, 0.3) is 110 Å². The molecule has 2 heteroatoms. The first-order valence-electron chi connectivity index (χ1n) is 19.3. The minimum Gasteiger partial charge on any atom is -0.309 e. The Hall–Kier alpha value is -7.42. The second kappa shape index (κ2) is 12.0. The van der Waals surface area contributed by atoms with Crippen LogP contribution in [0.3, 0.4) is 0 Å². The van der Waals surface area contributed by atoms with E-state index in [0.717, 1.165) is 0 Å². The topological polar surface area (TPSA) is 9.86 Å². The first kappa shape index (κ1) is 31.0. The van der Waals surface area contributed by atoms with Crippen LogP contribution in [0.2, 0.25) is 0 Å².